The van der Waals surface area contributed by atoms with Gasteiger partial charge in [-0.3, -0.25) is 0 Å². The van der Waals surface area contributed by atoms with Crippen LogP contribution in [0.25, 0.3) is 0 Å². The number of hydrogen-bond acceptors (Lipinski definition) is 4. The lowest BCUT2D eigenvalue weighted by atomic mass is 10.2. The number of sulfonamides is 1. The standard InChI is InChI=1S/C12H14FNO4S2/c13-11-4-3-9(6-10(11)12(15)16)20(17,18)14-8-2-1-5-19-7-8/h3-4,6,8,14H,1-2,5,7H2,(H,15,16). The van der Waals surface area contributed by atoms with Crippen molar-refractivity contribution in [3.05, 3.63) is 29.6 Å². The van der Waals surface area contributed by atoms with Crippen molar-refractivity contribution in [1.82, 2.24) is 4.72 Å². The first-order chi connectivity index (χ1) is 9.40. The minimum absolute atomic E-state index is 0.169. The zero-order valence-electron chi connectivity index (χ0n) is 10.5. The van der Waals surface area contributed by atoms with E-state index < -0.39 is 27.4 Å². The van der Waals surface area contributed by atoms with Crippen LogP contribution in [0, 0.1) is 5.82 Å². The van der Waals surface area contributed by atoms with E-state index in [4.69, 9.17) is 5.11 Å². The Bertz CT molecular complexity index is 612. The highest BCUT2D eigenvalue weighted by Crippen LogP contribution is 2.20. The Hall–Kier alpha value is -1.12. The van der Waals surface area contributed by atoms with E-state index in [-0.39, 0.29) is 10.9 Å². The van der Waals surface area contributed by atoms with Gasteiger partial charge in [0.05, 0.1) is 10.5 Å². The lowest BCUT2D eigenvalue weighted by molar-refractivity contribution is 0.0691. The van der Waals surface area contributed by atoms with E-state index in [2.05, 4.69) is 4.72 Å². The largest absolute Gasteiger partial charge is 0.478 e. The summed E-state index contributed by atoms with van der Waals surface area (Å²) in [5, 5.41) is 8.82. The second kappa shape index (κ2) is 6.11. The van der Waals surface area contributed by atoms with Crippen molar-refractivity contribution in [3.63, 3.8) is 0 Å². The SMILES string of the molecule is O=C(O)c1cc(S(=O)(=O)NC2CCCSC2)ccc1F. The molecule has 1 unspecified atom stereocenters. The first kappa shape index (κ1) is 15.3. The molecule has 1 aliphatic rings. The summed E-state index contributed by atoms with van der Waals surface area (Å²) >= 11 is 1.67. The molecule has 1 aliphatic heterocycles. The van der Waals surface area contributed by atoms with Gasteiger partial charge in [-0.15, -0.1) is 0 Å². The molecule has 1 aromatic rings. The predicted molar refractivity (Wildman–Crippen MR) is 74.0 cm³/mol. The summed E-state index contributed by atoms with van der Waals surface area (Å²) in [5.41, 5.74) is -0.647. The van der Waals surface area contributed by atoms with Gasteiger partial charge in [-0.25, -0.2) is 22.3 Å². The average Bonchev–Trinajstić information content (AvgIpc) is 2.39. The third-order valence-electron chi connectivity index (χ3n) is 2.96. The minimum Gasteiger partial charge on any atom is -0.478 e. The monoisotopic (exact) mass is 319 g/mol. The summed E-state index contributed by atoms with van der Waals surface area (Å²) in [7, 11) is -3.83. The fraction of sp³-hybridized carbons (Fsp3) is 0.417. The highest BCUT2D eigenvalue weighted by Gasteiger charge is 2.23. The van der Waals surface area contributed by atoms with Gasteiger partial charge in [-0.05, 0) is 36.8 Å². The number of carboxylic acids is 1. The fourth-order valence-corrected chi connectivity index (χ4v) is 4.43. The van der Waals surface area contributed by atoms with Gasteiger partial charge < -0.3 is 5.11 Å². The van der Waals surface area contributed by atoms with Gasteiger partial charge in [0.2, 0.25) is 10.0 Å². The number of carbonyl (C=O) groups is 1. The number of thioether (sulfide) groups is 1. The van der Waals surface area contributed by atoms with Crippen LogP contribution in [-0.2, 0) is 10.0 Å². The molecule has 1 saturated heterocycles. The van der Waals surface area contributed by atoms with Crippen LogP contribution in [0.2, 0.25) is 0 Å². The molecule has 0 spiro atoms. The van der Waals surface area contributed by atoms with E-state index in [1.54, 1.807) is 11.8 Å². The molecule has 1 heterocycles. The molecule has 20 heavy (non-hydrogen) atoms. The Morgan fingerprint density at radius 3 is 2.80 bits per heavy atom. The third-order valence-corrected chi connectivity index (χ3v) is 5.69. The van der Waals surface area contributed by atoms with Crippen LogP contribution in [0.15, 0.2) is 23.1 Å². The Balaban J connectivity index is 2.24. The topological polar surface area (TPSA) is 83.5 Å². The Morgan fingerprint density at radius 1 is 1.45 bits per heavy atom. The third kappa shape index (κ3) is 3.50. The van der Waals surface area contributed by atoms with E-state index in [1.807, 2.05) is 0 Å². The van der Waals surface area contributed by atoms with Crippen LogP contribution < -0.4 is 4.72 Å². The van der Waals surface area contributed by atoms with Crippen molar-refractivity contribution in [2.75, 3.05) is 11.5 Å². The van der Waals surface area contributed by atoms with Gasteiger partial charge in [0.25, 0.3) is 0 Å². The summed E-state index contributed by atoms with van der Waals surface area (Å²) in [4.78, 5) is 10.6. The molecular weight excluding hydrogens is 305 g/mol. The second-order valence-electron chi connectivity index (χ2n) is 4.48. The van der Waals surface area contributed by atoms with Gasteiger partial charge in [0.15, 0.2) is 0 Å². The van der Waals surface area contributed by atoms with Gasteiger partial charge in [0.1, 0.15) is 5.82 Å². The molecule has 0 saturated carbocycles. The molecule has 1 fully saturated rings. The first-order valence-corrected chi connectivity index (χ1v) is 8.67. The summed E-state index contributed by atoms with van der Waals surface area (Å²) in [5.74, 6) is -0.748. The number of halogens is 1. The molecule has 1 aromatic carbocycles. The van der Waals surface area contributed by atoms with Crippen LogP contribution in [0.1, 0.15) is 23.2 Å². The number of nitrogens with one attached hydrogen (secondary N) is 1. The molecule has 2 N–H and O–H groups in total. The van der Waals surface area contributed by atoms with Crippen LogP contribution in [0.5, 0.6) is 0 Å². The molecule has 0 aromatic heterocycles. The molecule has 1 atom stereocenters. The summed E-state index contributed by atoms with van der Waals surface area (Å²) < 4.78 is 40.1. The first-order valence-electron chi connectivity index (χ1n) is 6.03. The normalized spacial score (nSPS) is 19.8. The van der Waals surface area contributed by atoms with Crippen molar-refractivity contribution in [2.24, 2.45) is 0 Å². The maximum Gasteiger partial charge on any atom is 0.338 e. The van der Waals surface area contributed by atoms with Gasteiger partial charge >= 0.3 is 5.97 Å². The van der Waals surface area contributed by atoms with Crippen LogP contribution in [-0.4, -0.2) is 37.0 Å². The molecule has 0 aliphatic carbocycles. The van der Waals surface area contributed by atoms with Crippen molar-refractivity contribution < 1.29 is 22.7 Å². The Kier molecular flexibility index (Phi) is 4.66. The minimum atomic E-state index is -3.83. The maximum absolute atomic E-state index is 13.3. The summed E-state index contributed by atoms with van der Waals surface area (Å²) in [6.07, 6.45) is 1.68. The number of benzene rings is 1. The number of hydrogen-bond donors (Lipinski definition) is 2. The highest BCUT2D eigenvalue weighted by molar-refractivity contribution is 7.99. The molecular formula is C12H14FNO4S2. The Labute approximate surface area is 120 Å². The molecule has 2 rings (SSSR count). The van der Waals surface area contributed by atoms with Crippen LogP contribution in [0.3, 0.4) is 0 Å². The molecule has 110 valence electrons. The highest BCUT2D eigenvalue weighted by atomic mass is 32.2. The van der Waals surface area contributed by atoms with E-state index in [0.717, 1.165) is 36.8 Å². The van der Waals surface area contributed by atoms with E-state index in [1.165, 1.54) is 0 Å². The zero-order valence-corrected chi connectivity index (χ0v) is 12.1. The maximum atomic E-state index is 13.3. The lowest BCUT2D eigenvalue weighted by Gasteiger charge is -2.22. The van der Waals surface area contributed by atoms with Gasteiger partial charge in [-0.2, -0.15) is 11.8 Å². The fourth-order valence-electron chi connectivity index (χ4n) is 1.96. The van der Waals surface area contributed by atoms with Crippen molar-refractivity contribution in [1.29, 1.82) is 0 Å². The van der Waals surface area contributed by atoms with Crippen molar-refractivity contribution in [3.8, 4) is 0 Å². The average molecular weight is 319 g/mol. The zero-order chi connectivity index (χ0) is 14.8. The summed E-state index contributed by atoms with van der Waals surface area (Å²) in [6.45, 7) is 0. The molecule has 8 heteroatoms. The van der Waals surface area contributed by atoms with Gasteiger partial charge in [-0.1, -0.05) is 0 Å². The number of rotatable bonds is 4. The smallest absolute Gasteiger partial charge is 0.338 e. The molecule has 0 bridgehead atoms. The number of aromatic carboxylic acids is 1. The van der Waals surface area contributed by atoms with Crippen molar-refractivity contribution >= 4 is 27.8 Å². The van der Waals surface area contributed by atoms with Crippen LogP contribution >= 0.6 is 11.8 Å². The van der Waals surface area contributed by atoms with E-state index in [9.17, 15) is 17.6 Å². The Morgan fingerprint density at radius 2 is 2.20 bits per heavy atom. The van der Waals surface area contributed by atoms with Gasteiger partial charge in [0, 0.05) is 11.8 Å². The predicted octanol–water partition coefficient (Wildman–Crippen LogP) is 1.70. The molecule has 0 radical (unpaired) electrons. The van der Waals surface area contributed by atoms with E-state index >= 15 is 0 Å². The molecule has 0 amide bonds. The van der Waals surface area contributed by atoms with Crippen molar-refractivity contribution in [2.45, 2.75) is 23.8 Å². The summed E-state index contributed by atoms with van der Waals surface area (Å²) in [6, 6.07) is 2.60. The number of carboxylic acid groups (broad SMARTS) is 1. The lowest BCUT2D eigenvalue weighted by Crippen LogP contribution is -2.38. The van der Waals surface area contributed by atoms with Crippen LogP contribution in [0.4, 0.5) is 4.39 Å². The van der Waals surface area contributed by atoms with E-state index in [0.29, 0.717) is 5.75 Å². The quantitative estimate of drug-likeness (QED) is 0.882. The second-order valence-corrected chi connectivity index (χ2v) is 7.35. The molecule has 5 nitrogen and oxygen atoms in total.